The van der Waals surface area contributed by atoms with Crippen molar-refractivity contribution in [3.05, 3.63) is 53.6 Å². The molecule has 5 heteroatoms. The van der Waals surface area contributed by atoms with Gasteiger partial charge < -0.3 is 15.2 Å². The van der Waals surface area contributed by atoms with E-state index in [1.165, 1.54) is 13.0 Å². The van der Waals surface area contributed by atoms with Crippen LogP contribution >= 0.6 is 0 Å². The molecule has 0 saturated heterocycles. The van der Waals surface area contributed by atoms with Crippen molar-refractivity contribution in [2.45, 2.75) is 6.92 Å². The highest BCUT2D eigenvalue weighted by atomic mass is 16.5. The topological polar surface area (TPSA) is 78.6 Å². The van der Waals surface area contributed by atoms with E-state index in [1.807, 2.05) is 18.2 Å². The first kappa shape index (κ1) is 17.3. The van der Waals surface area contributed by atoms with E-state index < -0.39 is 5.91 Å². The third-order valence-electron chi connectivity index (χ3n) is 3.59. The monoisotopic (exact) mass is 325 g/mol. The van der Waals surface area contributed by atoms with Crippen molar-refractivity contribution < 1.29 is 19.1 Å². The summed E-state index contributed by atoms with van der Waals surface area (Å²) in [5.41, 5.74) is 8.15. The summed E-state index contributed by atoms with van der Waals surface area (Å²) in [6.07, 6.45) is 2.91. The van der Waals surface area contributed by atoms with Crippen molar-refractivity contribution in [2.24, 2.45) is 5.73 Å². The number of methoxy groups -OCH3 is 2. The molecule has 0 aromatic heterocycles. The molecule has 24 heavy (non-hydrogen) atoms. The Morgan fingerprint density at radius 1 is 1.00 bits per heavy atom. The quantitative estimate of drug-likeness (QED) is 0.654. The Hall–Kier alpha value is -3.08. The molecule has 0 saturated carbocycles. The van der Waals surface area contributed by atoms with Gasteiger partial charge in [-0.3, -0.25) is 9.59 Å². The Labute approximate surface area is 140 Å². The number of hydrogen-bond acceptors (Lipinski definition) is 4. The largest absolute Gasteiger partial charge is 0.493 e. The molecule has 0 bridgehead atoms. The Kier molecular flexibility index (Phi) is 5.37. The van der Waals surface area contributed by atoms with Gasteiger partial charge in [0.2, 0.25) is 5.91 Å². The number of amides is 1. The van der Waals surface area contributed by atoms with E-state index in [1.54, 1.807) is 38.5 Å². The van der Waals surface area contributed by atoms with Crippen molar-refractivity contribution >= 4 is 17.8 Å². The van der Waals surface area contributed by atoms with Crippen LogP contribution in [0, 0.1) is 0 Å². The van der Waals surface area contributed by atoms with Gasteiger partial charge in [-0.15, -0.1) is 0 Å². The molecule has 0 aliphatic carbocycles. The molecule has 124 valence electrons. The van der Waals surface area contributed by atoms with Crippen LogP contribution < -0.4 is 15.2 Å². The molecule has 0 atom stereocenters. The molecule has 2 N–H and O–H groups in total. The normalized spacial score (nSPS) is 10.6. The summed E-state index contributed by atoms with van der Waals surface area (Å²) in [7, 11) is 3.10. The SMILES string of the molecule is COc1ccc(C=CC(N)=O)c(-c2ccc(C(C)=O)cc2)c1OC. The highest BCUT2D eigenvalue weighted by Gasteiger charge is 2.16. The molecule has 0 fully saturated rings. The molecule has 0 spiro atoms. The zero-order chi connectivity index (χ0) is 17.7. The lowest BCUT2D eigenvalue weighted by molar-refractivity contribution is -0.113. The van der Waals surface area contributed by atoms with Gasteiger partial charge in [-0.2, -0.15) is 0 Å². The summed E-state index contributed by atoms with van der Waals surface area (Å²) in [5, 5.41) is 0. The first-order valence-electron chi connectivity index (χ1n) is 7.31. The summed E-state index contributed by atoms with van der Waals surface area (Å²) in [6.45, 7) is 1.52. The van der Waals surface area contributed by atoms with Gasteiger partial charge in [0.05, 0.1) is 14.2 Å². The zero-order valence-corrected chi connectivity index (χ0v) is 13.8. The van der Waals surface area contributed by atoms with E-state index in [2.05, 4.69) is 0 Å². The van der Waals surface area contributed by atoms with Gasteiger partial charge in [0.1, 0.15) is 0 Å². The molecule has 5 nitrogen and oxygen atoms in total. The lowest BCUT2D eigenvalue weighted by Gasteiger charge is -2.16. The Balaban J connectivity index is 2.67. The van der Waals surface area contributed by atoms with Crippen LogP contribution in [-0.4, -0.2) is 25.9 Å². The van der Waals surface area contributed by atoms with Gasteiger partial charge in [-0.25, -0.2) is 0 Å². The second-order valence-corrected chi connectivity index (χ2v) is 5.13. The number of benzene rings is 2. The van der Waals surface area contributed by atoms with Gasteiger partial charge in [0, 0.05) is 17.2 Å². The molecule has 0 aliphatic heterocycles. The Bertz CT molecular complexity index is 792. The van der Waals surface area contributed by atoms with Crippen LogP contribution in [-0.2, 0) is 4.79 Å². The van der Waals surface area contributed by atoms with E-state index in [-0.39, 0.29) is 5.78 Å². The van der Waals surface area contributed by atoms with E-state index >= 15 is 0 Å². The number of primary amides is 1. The minimum absolute atomic E-state index is 0.00648. The summed E-state index contributed by atoms with van der Waals surface area (Å²) in [6, 6.07) is 10.7. The predicted octanol–water partition coefficient (Wildman–Crippen LogP) is 3.07. The highest BCUT2D eigenvalue weighted by Crippen LogP contribution is 2.41. The lowest BCUT2D eigenvalue weighted by atomic mass is 9.96. The second kappa shape index (κ2) is 7.46. The molecule has 0 radical (unpaired) electrons. The van der Waals surface area contributed by atoms with E-state index in [0.29, 0.717) is 17.1 Å². The third kappa shape index (κ3) is 3.63. The maximum absolute atomic E-state index is 11.5. The van der Waals surface area contributed by atoms with Crippen LogP contribution in [0.25, 0.3) is 17.2 Å². The number of ether oxygens (including phenoxy) is 2. The smallest absolute Gasteiger partial charge is 0.241 e. The fourth-order valence-corrected chi connectivity index (χ4v) is 2.42. The number of carbonyl (C=O) groups is 2. The number of carbonyl (C=O) groups excluding carboxylic acids is 2. The number of nitrogens with two attached hydrogens (primary N) is 1. The summed E-state index contributed by atoms with van der Waals surface area (Å²) < 4.78 is 10.9. The lowest BCUT2D eigenvalue weighted by Crippen LogP contribution is -2.05. The van der Waals surface area contributed by atoms with Crippen molar-refractivity contribution in [3.8, 4) is 22.6 Å². The molecule has 2 rings (SSSR count). The molecule has 0 unspecified atom stereocenters. The fraction of sp³-hybridized carbons (Fsp3) is 0.158. The number of Topliss-reactive ketones (excluding diaryl/α,β-unsaturated/α-hetero) is 1. The van der Waals surface area contributed by atoms with Gasteiger partial charge in [-0.1, -0.05) is 30.3 Å². The average molecular weight is 325 g/mol. The highest BCUT2D eigenvalue weighted by molar-refractivity contribution is 5.96. The summed E-state index contributed by atoms with van der Waals surface area (Å²) in [5.74, 6) is 0.565. The van der Waals surface area contributed by atoms with Gasteiger partial charge in [-0.05, 0) is 30.2 Å². The summed E-state index contributed by atoms with van der Waals surface area (Å²) in [4.78, 5) is 22.5. The third-order valence-corrected chi connectivity index (χ3v) is 3.59. The molecular weight excluding hydrogens is 306 g/mol. The van der Waals surface area contributed by atoms with Crippen LogP contribution in [0.2, 0.25) is 0 Å². The number of hydrogen-bond donors (Lipinski definition) is 1. The van der Waals surface area contributed by atoms with E-state index in [9.17, 15) is 9.59 Å². The number of ketones is 1. The van der Waals surface area contributed by atoms with E-state index in [4.69, 9.17) is 15.2 Å². The van der Waals surface area contributed by atoms with Gasteiger partial charge in [0.15, 0.2) is 17.3 Å². The van der Waals surface area contributed by atoms with Crippen LogP contribution in [0.5, 0.6) is 11.5 Å². The molecule has 0 heterocycles. The second-order valence-electron chi connectivity index (χ2n) is 5.13. The van der Waals surface area contributed by atoms with Gasteiger partial charge >= 0.3 is 0 Å². The predicted molar refractivity (Wildman–Crippen MR) is 93.2 cm³/mol. The minimum atomic E-state index is -0.539. The fourth-order valence-electron chi connectivity index (χ4n) is 2.42. The molecule has 1 amide bonds. The van der Waals surface area contributed by atoms with E-state index in [0.717, 1.165) is 16.7 Å². The first-order valence-corrected chi connectivity index (χ1v) is 7.31. The maximum Gasteiger partial charge on any atom is 0.241 e. The molecular formula is C19H19NO4. The standard InChI is InChI=1S/C19H19NO4/c1-12(21)13-4-6-14(7-5-13)18-15(9-11-17(20)22)8-10-16(23-2)19(18)24-3/h4-11H,1-3H3,(H2,20,22). The summed E-state index contributed by atoms with van der Waals surface area (Å²) >= 11 is 0. The van der Waals surface area contributed by atoms with Crippen LogP contribution in [0.1, 0.15) is 22.8 Å². The van der Waals surface area contributed by atoms with Crippen LogP contribution in [0.4, 0.5) is 0 Å². The first-order chi connectivity index (χ1) is 11.5. The van der Waals surface area contributed by atoms with Gasteiger partial charge in [0.25, 0.3) is 0 Å². The minimum Gasteiger partial charge on any atom is -0.493 e. The average Bonchev–Trinajstić information content (AvgIpc) is 2.58. The van der Waals surface area contributed by atoms with Crippen molar-refractivity contribution in [1.82, 2.24) is 0 Å². The Morgan fingerprint density at radius 3 is 2.17 bits per heavy atom. The Morgan fingerprint density at radius 2 is 1.67 bits per heavy atom. The van der Waals surface area contributed by atoms with Crippen LogP contribution in [0.3, 0.4) is 0 Å². The van der Waals surface area contributed by atoms with Crippen molar-refractivity contribution in [1.29, 1.82) is 0 Å². The molecule has 2 aromatic rings. The van der Waals surface area contributed by atoms with Crippen molar-refractivity contribution in [3.63, 3.8) is 0 Å². The maximum atomic E-state index is 11.5. The number of rotatable bonds is 6. The van der Waals surface area contributed by atoms with Crippen molar-refractivity contribution in [2.75, 3.05) is 14.2 Å². The van der Waals surface area contributed by atoms with Crippen LogP contribution in [0.15, 0.2) is 42.5 Å². The molecule has 0 aliphatic rings. The zero-order valence-electron chi connectivity index (χ0n) is 13.8. The molecule has 2 aromatic carbocycles.